The number of rotatable bonds is 5. The molecule has 0 amide bonds. The van der Waals surface area contributed by atoms with Crippen molar-refractivity contribution in [3.63, 3.8) is 0 Å². The van der Waals surface area contributed by atoms with E-state index in [-0.39, 0.29) is 11.4 Å². The number of carbonyl (C=O) groups excluding carboxylic acids is 1. The first-order chi connectivity index (χ1) is 10.7. The highest BCUT2D eigenvalue weighted by Crippen LogP contribution is 2.39. The molecule has 3 aromatic rings. The molecule has 0 fully saturated rings. The van der Waals surface area contributed by atoms with Crippen LogP contribution in [0.1, 0.15) is 30.3 Å². The molecule has 1 N–H and O–H groups in total. The van der Waals surface area contributed by atoms with E-state index in [9.17, 15) is 9.90 Å². The first-order valence-electron chi connectivity index (χ1n) is 7.03. The molecule has 0 aliphatic carbocycles. The van der Waals surface area contributed by atoms with Gasteiger partial charge in [0.25, 0.3) is 0 Å². The molecule has 3 aromatic heterocycles. The van der Waals surface area contributed by atoms with Crippen molar-refractivity contribution < 1.29 is 14.6 Å². The lowest BCUT2D eigenvalue weighted by Gasteiger charge is -2.08. The van der Waals surface area contributed by atoms with E-state index >= 15 is 0 Å². The highest BCUT2D eigenvalue weighted by atomic mass is 32.1. The Hall–Kier alpha value is -1.92. The molecule has 0 saturated heterocycles. The molecule has 22 heavy (non-hydrogen) atoms. The summed E-state index contributed by atoms with van der Waals surface area (Å²) in [6.45, 7) is 2.36. The van der Waals surface area contributed by atoms with E-state index in [4.69, 9.17) is 4.74 Å². The third-order valence-corrected chi connectivity index (χ3v) is 5.06. The van der Waals surface area contributed by atoms with Crippen LogP contribution in [0.5, 0.6) is 5.75 Å². The summed E-state index contributed by atoms with van der Waals surface area (Å²) in [6, 6.07) is 5.69. The second-order valence-corrected chi connectivity index (χ2v) is 6.65. The number of ether oxygens (including phenoxy) is 1. The van der Waals surface area contributed by atoms with Gasteiger partial charge in [-0.2, -0.15) is 0 Å². The van der Waals surface area contributed by atoms with Crippen molar-refractivity contribution >= 4 is 38.7 Å². The van der Waals surface area contributed by atoms with Crippen molar-refractivity contribution in [1.29, 1.82) is 0 Å². The van der Waals surface area contributed by atoms with Crippen molar-refractivity contribution in [2.75, 3.05) is 6.61 Å². The van der Waals surface area contributed by atoms with Crippen molar-refractivity contribution in [2.45, 2.75) is 19.8 Å². The lowest BCUT2D eigenvalue weighted by molar-refractivity contribution is 0.0490. The topological polar surface area (TPSA) is 59.4 Å². The van der Waals surface area contributed by atoms with Crippen LogP contribution < -0.4 is 0 Å². The maximum Gasteiger partial charge on any atom is 0.360 e. The summed E-state index contributed by atoms with van der Waals surface area (Å²) < 4.78 is 6.07. The highest BCUT2D eigenvalue weighted by molar-refractivity contribution is 7.19. The Morgan fingerprint density at radius 1 is 1.32 bits per heavy atom. The lowest BCUT2D eigenvalue weighted by atomic mass is 10.2. The number of aromatic hydroxyl groups is 1. The van der Waals surface area contributed by atoms with Crippen LogP contribution in [-0.2, 0) is 4.74 Å². The van der Waals surface area contributed by atoms with Crippen LogP contribution in [0.3, 0.4) is 0 Å². The molecule has 0 spiro atoms. The molecule has 0 atom stereocenters. The standard InChI is InChI=1S/C16H15NO3S2/c1-2-3-7-20-16(19)13-14(18)10-6-9-22-15(10)12(17-13)11-5-4-8-21-11/h4-6,8-9,18H,2-3,7H2,1H3. The maximum atomic E-state index is 12.2. The van der Waals surface area contributed by atoms with E-state index in [2.05, 4.69) is 4.98 Å². The molecule has 0 aliphatic heterocycles. The minimum absolute atomic E-state index is 0.00889. The maximum absolute atomic E-state index is 12.2. The van der Waals surface area contributed by atoms with E-state index in [0.29, 0.717) is 12.0 Å². The number of esters is 1. The van der Waals surface area contributed by atoms with Gasteiger partial charge in [-0.05, 0) is 29.3 Å². The molecular weight excluding hydrogens is 318 g/mol. The average Bonchev–Trinajstić information content (AvgIpc) is 3.19. The molecule has 3 heterocycles. The van der Waals surface area contributed by atoms with Gasteiger partial charge in [-0.1, -0.05) is 19.4 Å². The monoisotopic (exact) mass is 333 g/mol. The van der Waals surface area contributed by atoms with Crippen LogP contribution in [-0.4, -0.2) is 22.7 Å². The summed E-state index contributed by atoms with van der Waals surface area (Å²) in [5, 5.41) is 14.8. The molecule has 4 nitrogen and oxygen atoms in total. The average molecular weight is 333 g/mol. The summed E-state index contributed by atoms with van der Waals surface area (Å²) >= 11 is 3.05. The summed E-state index contributed by atoms with van der Waals surface area (Å²) in [5.41, 5.74) is 0.714. The van der Waals surface area contributed by atoms with Gasteiger partial charge in [-0.25, -0.2) is 9.78 Å². The number of unbranched alkanes of at least 4 members (excludes halogenated alkanes) is 1. The number of fused-ring (bicyclic) bond motifs is 1. The minimum atomic E-state index is -0.572. The van der Waals surface area contributed by atoms with Crippen LogP contribution in [0.15, 0.2) is 29.0 Å². The van der Waals surface area contributed by atoms with E-state index in [1.807, 2.05) is 29.8 Å². The number of hydrogen-bond donors (Lipinski definition) is 1. The molecule has 114 valence electrons. The van der Waals surface area contributed by atoms with E-state index < -0.39 is 5.97 Å². The predicted octanol–water partition coefficient (Wildman–Crippen LogP) is 4.69. The van der Waals surface area contributed by atoms with Crippen LogP contribution >= 0.6 is 22.7 Å². The third-order valence-electron chi connectivity index (χ3n) is 3.26. The van der Waals surface area contributed by atoms with Crippen LogP contribution in [0.4, 0.5) is 0 Å². The first kappa shape index (κ1) is 15.0. The summed E-state index contributed by atoms with van der Waals surface area (Å²) in [4.78, 5) is 17.5. The van der Waals surface area contributed by atoms with Gasteiger partial charge in [-0.15, -0.1) is 22.7 Å². The summed E-state index contributed by atoms with van der Waals surface area (Å²) in [6.07, 6.45) is 1.74. The Morgan fingerprint density at radius 3 is 2.91 bits per heavy atom. The van der Waals surface area contributed by atoms with Gasteiger partial charge in [0.2, 0.25) is 0 Å². The zero-order valence-corrected chi connectivity index (χ0v) is 13.7. The van der Waals surface area contributed by atoms with Gasteiger partial charge in [0.15, 0.2) is 11.4 Å². The fraction of sp³-hybridized carbons (Fsp3) is 0.250. The Bertz CT molecular complexity index is 793. The van der Waals surface area contributed by atoms with Gasteiger partial charge in [-0.3, -0.25) is 0 Å². The normalized spacial score (nSPS) is 11.0. The Kier molecular flexibility index (Phi) is 4.40. The zero-order chi connectivity index (χ0) is 15.5. The van der Waals surface area contributed by atoms with Crippen LogP contribution in [0, 0.1) is 0 Å². The fourth-order valence-electron chi connectivity index (χ4n) is 2.12. The van der Waals surface area contributed by atoms with Crippen molar-refractivity contribution in [1.82, 2.24) is 4.98 Å². The van der Waals surface area contributed by atoms with Gasteiger partial charge < -0.3 is 9.84 Å². The second kappa shape index (κ2) is 6.46. The fourth-order valence-corrected chi connectivity index (χ4v) is 3.81. The molecule has 0 radical (unpaired) electrons. The van der Waals surface area contributed by atoms with Gasteiger partial charge in [0.05, 0.1) is 21.9 Å². The second-order valence-electron chi connectivity index (χ2n) is 4.79. The Morgan fingerprint density at radius 2 is 2.18 bits per heavy atom. The van der Waals surface area contributed by atoms with Crippen LogP contribution in [0.25, 0.3) is 20.7 Å². The molecule has 6 heteroatoms. The predicted molar refractivity (Wildman–Crippen MR) is 89.8 cm³/mol. The molecule has 0 bridgehead atoms. The van der Waals surface area contributed by atoms with Gasteiger partial charge in [0, 0.05) is 5.39 Å². The lowest BCUT2D eigenvalue weighted by Crippen LogP contribution is -2.09. The largest absolute Gasteiger partial charge is 0.505 e. The molecule has 0 unspecified atom stereocenters. The van der Waals surface area contributed by atoms with Crippen LogP contribution in [0.2, 0.25) is 0 Å². The summed E-state index contributed by atoms with van der Waals surface area (Å²) in [7, 11) is 0. The van der Waals surface area contributed by atoms with E-state index in [0.717, 1.165) is 28.1 Å². The van der Waals surface area contributed by atoms with E-state index in [1.165, 1.54) is 11.3 Å². The SMILES string of the molecule is CCCCOC(=O)c1nc(-c2cccs2)c2sccc2c1O. The number of thiophene rings is 2. The molecule has 0 aromatic carbocycles. The molecular formula is C16H15NO3S2. The number of hydrogen-bond acceptors (Lipinski definition) is 6. The zero-order valence-electron chi connectivity index (χ0n) is 12.0. The number of aromatic nitrogens is 1. The minimum Gasteiger partial charge on any atom is -0.505 e. The van der Waals surface area contributed by atoms with Gasteiger partial charge in [0.1, 0.15) is 0 Å². The highest BCUT2D eigenvalue weighted by Gasteiger charge is 2.22. The summed E-state index contributed by atoms with van der Waals surface area (Å²) in [5.74, 6) is -0.671. The number of carbonyl (C=O) groups is 1. The number of nitrogens with zero attached hydrogens (tertiary/aromatic N) is 1. The van der Waals surface area contributed by atoms with E-state index in [1.54, 1.807) is 17.4 Å². The van der Waals surface area contributed by atoms with Crippen molar-refractivity contribution in [2.24, 2.45) is 0 Å². The molecule has 0 saturated carbocycles. The van der Waals surface area contributed by atoms with Gasteiger partial charge >= 0.3 is 5.97 Å². The third kappa shape index (κ3) is 2.71. The molecule has 3 rings (SSSR count). The van der Waals surface area contributed by atoms with Crippen molar-refractivity contribution in [3.8, 4) is 16.3 Å². The quantitative estimate of drug-likeness (QED) is 0.544. The smallest absolute Gasteiger partial charge is 0.360 e. The first-order valence-corrected chi connectivity index (χ1v) is 8.79. The molecule has 0 aliphatic rings. The Labute approximate surface area is 136 Å². The van der Waals surface area contributed by atoms with Crippen molar-refractivity contribution in [3.05, 3.63) is 34.7 Å². The Balaban J connectivity index is 2.07. The number of pyridine rings is 1.